The number of nitrogens with zero attached hydrogens (tertiary/aromatic N) is 3. The van der Waals surface area contributed by atoms with Crippen LogP contribution in [0.2, 0.25) is 0 Å². The number of hydrogen-bond donors (Lipinski definition) is 0. The molecule has 1 aliphatic carbocycles. The molecule has 1 aliphatic rings. The van der Waals surface area contributed by atoms with Crippen molar-refractivity contribution in [2.24, 2.45) is 0 Å². The van der Waals surface area contributed by atoms with E-state index in [4.69, 9.17) is 0 Å². The largest absolute Gasteiger partial charge is 0.293 e. The van der Waals surface area contributed by atoms with Crippen LogP contribution in [0, 0.1) is 0 Å². The van der Waals surface area contributed by atoms with Crippen LogP contribution in [-0.2, 0) is 6.42 Å². The number of aromatic nitrogens is 3. The van der Waals surface area contributed by atoms with Gasteiger partial charge in [0.15, 0.2) is 5.78 Å². The molecule has 0 bridgehead atoms. The molecule has 0 saturated heterocycles. The predicted molar refractivity (Wildman–Crippen MR) is 61.7 cm³/mol. The maximum Gasteiger partial charge on any atom is 0.173 e. The van der Waals surface area contributed by atoms with Crippen LogP contribution in [0.3, 0.4) is 0 Å². The Morgan fingerprint density at radius 2 is 2.18 bits per heavy atom. The van der Waals surface area contributed by atoms with Crippen LogP contribution < -0.4 is 0 Å². The summed E-state index contributed by atoms with van der Waals surface area (Å²) >= 11 is 0. The molecule has 0 N–H and O–H groups in total. The van der Waals surface area contributed by atoms with Crippen LogP contribution in [-0.4, -0.2) is 21.0 Å². The van der Waals surface area contributed by atoms with Gasteiger partial charge in [0.25, 0.3) is 0 Å². The van der Waals surface area contributed by atoms with E-state index in [2.05, 4.69) is 15.2 Å². The monoisotopic (exact) mass is 225 g/mol. The quantitative estimate of drug-likeness (QED) is 0.731. The highest BCUT2D eigenvalue weighted by molar-refractivity contribution is 6.00. The smallest absolute Gasteiger partial charge is 0.173 e. The molecule has 2 aromatic heterocycles. The third kappa shape index (κ3) is 1.71. The fourth-order valence-electron chi connectivity index (χ4n) is 2.31. The molecule has 3 rings (SSSR count). The highest BCUT2D eigenvalue weighted by atomic mass is 16.1. The van der Waals surface area contributed by atoms with Crippen molar-refractivity contribution in [3.63, 3.8) is 0 Å². The minimum absolute atomic E-state index is 0.0948. The standard InChI is InChI=1S/C13H11N3O/c17-13(10-5-7-15-16-8-10)11-4-3-9-2-1-6-14-12(9)11/h1-2,5-8,11H,3-4H2. The zero-order chi connectivity index (χ0) is 11.7. The fraction of sp³-hybridized carbons (Fsp3) is 0.231. The highest BCUT2D eigenvalue weighted by Crippen LogP contribution is 2.33. The zero-order valence-electron chi connectivity index (χ0n) is 9.21. The topological polar surface area (TPSA) is 55.7 Å². The van der Waals surface area contributed by atoms with Crippen LogP contribution in [0.25, 0.3) is 0 Å². The van der Waals surface area contributed by atoms with Gasteiger partial charge in [-0.2, -0.15) is 10.2 Å². The number of carbonyl (C=O) groups is 1. The van der Waals surface area contributed by atoms with Gasteiger partial charge in [-0.15, -0.1) is 0 Å². The highest BCUT2D eigenvalue weighted by Gasteiger charge is 2.30. The maximum absolute atomic E-state index is 12.3. The molecule has 0 amide bonds. The van der Waals surface area contributed by atoms with Gasteiger partial charge in [0.2, 0.25) is 0 Å². The summed E-state index contributed by atoms with van der Waals surface area (Å²) in [5, 5.41) is 7.42. The molecule has 0 saturated carbocycles. The molecule has 2 heterocycles. The molecule has 0 spiro atoms. The normalized spacial score (nSPS) is 17.8. The number of ketones is 1. The van der Waals surface area contributed by atoms with E-state index in [9.17, 15) is 4.79 Å². The summed E-state index contributed by atoms with van der Waals surface area (Å²) in [5.74, 6) is -0.0206. The van der Waals surface area contributed by atoms with E-state index in [0.29, 0.717) is 5.56 Å². The van der Waals surface area contributed by atoms with Gasteiger partial charge in [0, 0.05) is 11.8 Å². The Balaban J connectivity index is 1.95. The molecule has 4 heteroatoms. The third-order valence-electron chi connectivity index (χ3n) is 3.14. The average Bonchev–Trinajstić information content (AvgIpc) is 2.83. The lowest BCUT2D eigenvalue weighted by atomic mass is 9.97. The summed E-state index contributed by atoms with van der Waals surface area (Å²) in [7, 11) is 0. The first-order valence-corrected chi connectivity index (χ1v) is 5.61. The van der Waals surface area contributed by atoms with Crippen LogP contribution in [0.5, 0.6) is 0 Å². The summed E-state index contributed by atoms with van der Waals surface area (Å²) < 4.78 is 0. The van der Waals surface area contributed by atoms with Gasteiger partial charge in [-0.25, -0.2) is 0 Å². The number of aryl methyl sites for hydroxylation is 1. The Kier molecular flexibility index (Phi) is 2.40. The van der Waals surface area contributed by atoms with E-state index in [1.165, 1.54) is 11.8 Å². The Morgan fingerprint density at radius 3 is 3.00 bits per heavy atom. The van der Waals surface area contributed by atoms with Crippen molar-refractivity contribution >= 4 is 5.78 Å². The molecule has 0 aromatic carbocycles. The SMILES string of the molecule is O=C(c1ccnnc1)C1CCc2cccnc21. The van der Waals surface area contributed by atoms with Gasteiger partial charge in [0.1, 0.15) is 0 Å². The number of carbonyl (C=O) groups excluding carboxylic acids is 1. The second kappa shape index (κ2) is 4.05. The van der Waals surface area contributed by atoms with E-state index < -0.39 is 0 Å². The number of fused-ring (bicyclic) bond motifs is 1. The van der Waals surface area contributed by atoms with E-state index in [-0.39, 0.29) is 11.7 Å². The molecular formula is C13H11N3O. The van der Waals surface area contributed by atoms with Gasteiger partial charge in [-0.05, 0) is 30.5 Å². The molecule has 2 aromatic rings. The van der Waals surface area contributed by atoms with Crippen LogP contribution in [0.1, 0.15) is 34.0 Å². The Labute approximate surface area is 98.7 Å². The fourth-order valence-corrected chi connectivity index (χ4v) is 2.31. The first-order valence-electron chi connectivity index (χ1n) is 5.61. The lowest BCUT2D eigenvalue weighted by Gasteiger charge is -2.08. The van der Waals surface area contributed by atoms with Crippen molar-refractivity contribution in [1.82, 2.24) is 15.2 Å². The van der Waals surface area contributed by atoms with Crippen molar-refractivity contribution < 1.29 is 4.79 Å². The van der Waals surface area contributed by atoms with Gasteiger partial charge in [-0.3, -0.25) is 9.78 Å². The van der Waals surface area contributed by atoms with Crippen molar-refractivity contribution in [1.29, 1.82) is 0 Å². The van der Waals surface area contributed by atoms with E-state index in [0.717, 1.165) is 18.5 Å². The lowest BCUT2D eigenvalue weighted by molar-refractivity contribution is 0.0957. The molecule has 4 nitrogen and oxygen atoms in total. The Morgan fingerprint density at radius 1 is 1.24 bits per heavy atom. The first-order chi connectivity index (χ1) is 8.36. The summed E-state index contributed by atoms with van der Waals surface area (Å²) in [4.78, 5) is 16.6. The number of hydrogen-bond acceptors (Lipinski definition) is 4. The summed E-state index contributed by atoms with van der Waals surface area (Å²) in [6.45, 7) is 0. The second-order valence-electron chi connectivity index (χ2n) is 4.13. The minimum atomic E-state index is -0.115. The van der Waals surface area contributed by atoms with Crippen LogP contribution >= 0.6 is 0 Å². The van der Waals surface area contributed by atoms with Gasteiger partial charge in [-0.1, -0.05) is 6.07 Å². The van der Waals surface area contributed by atoms with Crippen LogP contribution in [0.15, 0.2) is 36.8 Å². The minimum Gasteiger partial charge on any atom is -0.293 e. The Hall–Kier alpha value is -2.10. The second-order valence-corrected chi connectivity index (χ2v) is 4.13. The Bertz CT molecular complexity index is 554. The van der Waals surface area contributed by atoms with Crippen LogP contribution in [0.4, 0.5) is 0 Å². The molecular weight excluding hydrogens is 214 g/mol. The molecule has 84 valence electrons. The molecule has 1 unspecified atom stereocenters. The summed E-state index contributed by atoms with van der Waals surface area (Å²) in [6, 6.07) is 5.66. The van der Waals surface area contributed by atoms with Crippen molar-refractivity contribution in [2.45, 2.75) is 18.8 Å². The predicted octanol–water partition coefficient (Wildman–Crippen LogP) is 1.78. The van der Waals surface area contributed by atoms with Crippen molar-refractivity contribution in [2.75, 3.05) is 0 Å². The molecule has 17 heavy (non-hydrogen) atoms. The summed E-state index contributed by atoms with van der Waals surface area (Å²) in [5.41, 5.74) is 2.73. The molecule has 1 atom stereocenters. The van der Waals surface area contributed by atoms with Crippen molar-refractivity contribution in [3.8, 4) is 0 Å². The number of pyridine rings is 1. The number of rotatable bonds is 2. The van der Waals surface area contributed by atoms with Gasteiger partial charge < -0.3 is 0 Å². The van der Waals surface area contributed by atoms with E-state index >= 15 is 0 Å². The summed E-state index contributed by atoms with van der Waals surface area (Å²) in [6.07, 6.45) is 6.58. The third-order valence-corrected chi connectivity index (χ3v) is 3.14. The van der Waals surface area contributed by atoms with Gasteiger partial charge >= 0.3 is 0 Å². The van der Waals surface area contributed by atoms with E-state index in [1.54, 1.807) is 18.5 Å². The van der Waals surface area contributed by atoms with Gasteiger partial charge in [0.05, 0.1) is 24.0 Å². The molecule has 0 radical (unpaired) electrons. The molecule has 0 aliphatic heterocycles. The lowest BCUT2D eigenvalue weighted by Crippen LogP contribution is -2.11. The number of Topliss-reactive ketones (excluding diaryl/α,β-unsaturated/α-hetero) is 1. The zero-order valence-corrected chi connectivity index (χ0v) is 9.21. The maximum atomic E-state index is 12.3. The first kappa shape index (κ1) is 10.1. The van der Waals surface area contributed by atoms with Crippen molar-refractivity contribution in [3.05, 3.63) is 53.6 Å². The molecule has 0 fully saturated rings. The average molecular weight is 225 g/mol. The van der Waals surface area contributed by atoms with E-state index in [1.807, 2.05) is 12.1 Å².